The van der Waals surface area contributed by atoms with E-state index in [2.05, 4.69) is 9.87 Å². The first-order chi connectivity index (χ1) is 9.15. The van der Waals surface area contributed by atoms with Crippen molar-refractivity contribution in [3.8, 4) is 0 Å². The van der Waals surface area contributed by atoms with Gasteiger partial charge in [0.05, 0.1) is 23.6 Å². The summed E-state index contributed by atoms with van der Waals surface area (Å²) in [5, 5.41) is 0.549. The van der Waals surface area contributed by atoms with Gasteiger partial charge >= 0.3 is 0 Å². The smallest absolute Gasteiger partial charge is 0.263 e. The van der Waals surface area contributed by atoms with Crippen molar-refractivity contribution in [2.45, 2.75) is 4.90 Å². The van der Waals surface area contributed by atoms with Crippen LogP contribution in [0.15, 0.2) is 41.4 Å². The molecule has 1 aromatic carbocycles. The lowest BCUT2D eigenvalue weighted by Crippen LogP contribution is -2.25. The van der Waals surface area contributed by atoms with E-state index in [9.17, 15) is 8.42 Å². The summed E-state index contributed by atoms with van der Waals surface area (Å²) in [6, 6.07) is 8.28. The molecule has 0 amide bonds. The third-order valence-corrected chi connectivity index (χ3v) is 3.73. The fourth-order valence-electron chi connectivity index (χ4n) is 1.60. The highest BCUT2D eigenvalue weighted by molar-refractivity contribution is 7.89. The van der Waals surface area contributed by atoms with E-state index in [0.29, 0.717) is 17.5 Å². The highest BCUT2D eigenvalue weighted by atomic mass is 32.2. The molecule has 0 fully saturated rings. The van der Waals surface area contributed by atoms with Crippen LogP contribution in [0.1, 0.15) is 0 Å². The first-order valence-electron chi connectivity index (χ1n) is 5.61. The zero-order chi connectivity index (χ0) is 13.7. The van der Waals surface area contributed by atoms with Crippen molar-refractivity contribution in [2.24, 2.45) is 0 Å². The van der Waals surface area contributed by atoms with E-state index >= 15 is 0 Å². The minimum Gasteiger partial charge on any atom is -0.382 e. The number of ether oxygens (including phenoxy) is 1. The van der Waals surface area contributed by atoms with Crippen LogP contribution in [0.3, 0.4) is 0 Å². The molecule has 0 radical (unpaired) electrons. The van der Waals surface area contributed by atoms with E-state index in [4.69, 9.17) is 9.57 Å². The first kappa shape index (κ1) is 13.9. The number of pyridine rings is 1. The van der Waals surface area contributed by atoms with Gasteiger partial charge in [-0.2, -0.15) is 0 Å². The van der Waals surface area contributed by atoms with Crippen molar-refractivity contribution in [3.05, 3.63) is 36.5 Å². The standard InChI is InChI=1S/C12H14N2O4S/c1-17-8-9-18-14-19(15,16)12-6-2-5-11-10(12)4-3-7-13-11/h2-7,14H,8-9H2,1H3. The SMILES string of the molecule is COCCONS(=O)(=O)c1cccc2ncccc12. The molecule has 19 heavy (non-hydrogen) atoms. The Morgan fingerprint density at radius 1 is 1.21 bits per heavy atom. The minimum absolute atomic E-state index is 0.135. The van der Waals surface area contributed by atoms with Crippen LogP contribution in [0, 0.1) is 0 Å². The molecule has 0 aliphatic carbocycles. The first-order valence-corrected chi connectivity index (χ1v) is 7.10. The highest BCUT2D eigenvalue weighted by Gasteiger charge is 2.17. The Morgan fingerprint density at radius 3 is 2.84 bits per heavy atom. The van der Waals surface area contributed by atoms with E-state index in [0.717, 1.165) is 0 Å². The summed E-state index contributed by atoms with van der Waals surface area (Å²) in [7, 11) is -2.23. The number of rotatable bonds is 6. The molecule has 2 aromatic rings. The van der Waals surface area contributed by atoms with Crippen LogP contribution < -0.4 is 4.89 Å². The monoisotopic (exact) mass is 282 g/mol. The van der Waals surface area contributed by atoms with Crippen molar-refractivity contribution in [2.75, 3.05) is 20.3 Å². The summed E-state index contributed by atoms with van der Waals surface area (Å²) in [4.78, 5) is 11.2. The Balaban J connectivity index is 2.28. The molecule has 2 rings (SSSR count). The third kappa shape index (κ3) is 3.27. The average molecular weight is 282 g/mol. The van der Waals surface area contributed by atoms with Crippen LogP contribution in [0.5, 0.6) is 0 Å². The van der Waals surface area contributed by atoms with Crippen LogP contribution in [0.25, 0.3) is 10.9 Å². The number of hydrogen-bond donors (Lipinski definition) is 1. The molecule has 7 heteroatoms. The van der Waals surface area contributed by atoms with Crippen LogP contribution in [-0.4, -0.2) is 33.7 Å². The third-order valence-electron chi connectivity index (χ3n) is 2.45. The van der Waals surface area contributed by atoms with Crippen LogP contribution in [0.4, 0.5) is 0 Å². The summed E-state index contributed by atoms with van der Waals surface area (Å²) in [5.74, 6) is 0. The number of benzene rings is 1. The second kappa shape index (κ2) is 6.07. The summed E-state index contributed by atoms with van der Waals surface area (Å²) >= 11 is 0. The molecule has 0 bridgehead atoms. The van der Waals surface area contributed by atoms with Crippen LogP contribution >= 0.6 is 0 Å². The number of nitrogens with one attached hydrogen (secondary N) is 1. The van der Waals surface area contributed by atoms with Gasteiger partial charge in [-0.3, -0.25) is 9.82 Å². The number of methoxy groups -OCH3 is 1. The molecule has 102 valence electrons. The minimum atomic E-state index is -3.74. The van der Waals surface area contributed by atoms with Gasteiger partial charge in [0, 0.05) is 18.7 Å². The summed E-state index contributed by atoms with van der Waals surface area (Å²) in [6.45, 7) is 0.443. The molecule has 0 spiro atoms. The number of fused-ring (bicyclic) bond motifs is 1. The molecule has 0 unspecified atom stereocenters. The topological polar surface area (TPSA) is 77.5 Å². The van der Waals surface area contributed by atoms with E-state index in [1.165, 1.54) is 13.2 Å². The van der Waals surface area contributed by atoms with Gasteiger partial charge in [0.1, 0.15) is 0 Å². The second-order valence-corrected chi connectivity index (χ2v) is 5.37. The molecule has 1 aromatic heterocycles. The van der Waals surface area contributed by atoms with Crippen molar-refractivity contribution in [1.82, 2.24) is 9.87 Å². The number of sulfonamides is 1. The summed E-state index contributed by atoms with van der Waals surface area (Å²) < 4.78 is 29.0. The van der Waals surface area contributed by atoms with Crippen molar-refractivity contribution in [1.29, 1.82) is 0 Å². The van der Waals surface area contributed by atoms with Gasteiger partial charge < -0.3 is 4.74 Å². The maximum Gasteiger partial charge on any atom is 0.263 e. The second-order valence-electron chi connectivity index (χ2n) is 3.75. The van der Waals surface area contributed by atoms with Crippen molar-refractivity contribution >= 4 is 20.9 Å². The average Bonchev–Trinajstić information content (AvgIpc) is 2.43. The van der Waals surface area contributed by atoms with Gasteiger partial charge in [0.15, 0.2) is 0 Å². The number of hydrogen-bond acceptors (Lipinski definition) is 5. The molecule has 6 nitrogen and oxygen atoms in total. The normalized spacial score (nSPS) is 11.8. The Bertz CT molecular complexity index is 652. The van der Waals surface area contributed by atoms with E-state index in [1.807, 2.05) is 0 Å². The van der Waals surface area contributed by atoms with E-state index in [1.54, 1.807) is 30.5 Å². The van der Waals surface area contributed by atoms with Gasteiger partial charge in [-0.05, 0) is 24.3 Å². The zero-order valence-electron chi connectivity index (χ0n) is 10.4. The van der Waals surface area contributed by atoms with Crippen LogP contribution in [-0.2, 0) is 19.6 Å². The maximum absolute atomic E-state index is 12.1. The van der Waals surface area contributed by atoms with E-state index in [-0.39, 0.29) is 11.5 Å². The predicted molar refractivity (Wildman–Crippen MR) is 69.9 cm³/mol. The summed E-state index contributed by atoms with van der Waals surface area (Å²) in [5.41, 5.74) is 0.613. The molecule has 1 N–H and O–H groups in total. The van der Waals surface area contributed by atoms with Crippen molar-refractivity contribution < 1.29 is 18.0 Å². The molecular weight excluding hydrogens is 268 g/mol. The fraction of sp³-hybridized carbons (Fsp3) is 0.250. The molecule has 0 saturated heterocycles. The van der Waals surface area contributed by atoms with Gasteiger partial charge in [-0.25, -0.2) is 8.42 Å². The van der Waals surface area contributed by atoms with Crippen LogP contribution in [0.2, 0.25) is 0 Å². The Morgan fingerprint density at radius 2 is 2.05 bits per heavy atom. The molecule has 0 aliphatic heterocycles. The molecule has 0 saturated carbocycles. The Kier molecular flexibility index (Phi) is 4.43. The fourth-order valence-corrected chi connectivity index (χ4v) is 2.65. The van der Waals surface area contributed by atoms with Gasteiger partial charge in [-0.15, -0.1) is 0 Å². The van der Waals surface area contributed by atoms with Gasteiger partial charge in [-0.1, -0.05) is 11.0 Å². The maximum atomic E-state index is 12.1. The number of aromatic nitrogens is 1. The lowest BCUT2D eigenvalue weighted by Gasteiger charge is -2.09. The summed E-state index contributed by atoms with van der Waals surface area (Å²) in [6.07, 6.45) is 1.61. The zero-order valence-corrected chi connectivity index (χ0v) is 11.2. The van der Waals surface area contributed by atoms with Gasteiger partial charge in [0.2, 0.25) is 0 Å². The molecular formula is C12H14N2O4S. The predicted octanol–water partition coefficient (Wildman–Crippen LogP) is 1.09. The van der Waals surface area contributed by atoms with Gasteiger partial charge in [0.25, 0.3) is 10.0 Å². The van der Waals surface area contributed by atoms with E-state index < -0.39 is 10.0 Å². The molecule has 0 atom stereocenters. The molecule has 1 heterocycles. The number of nitrogens with zero attached hydrogens (tertiary/aromatic N) is 1. The lowest BCUT2D eigenvalue weighted by atomic mass is 10.2. The Labute approximate surface area is 111 Å². The van der Waals surface area contributed by atoms with Crippen molar-refractivity contribution in [3.63, 3.8) is 0 Å². The highest BCUT2D eigenvalue weighted by Crippen LogP contribution is 2.20. The largest absolute Gasteiger partial charge is 0.382 e. The Hall–Kier alpha value is -1.54. The quantitative estimate of drug-likeness (QED) is 0.634. The lowest BCUT2D eigenvalue weighted by molar-refractivity contribution is 0.0439. The molecule has 0 aliphatic rings.